The second-order valence-electron chi connectivity index (χ2n) is 7.31. The number of rotatable bonds is 7. The van der Waals surface area contributed by atoms with Gasteiger partial charge in [-0.25, -0.2) is 0 Å². The molecule has 2 atom stereocenters. The molecule has 0 aromatic heterocycles. The lowest BCUT2D eigenvalue weighted by atomic mass is 10.2. The van der Waals surface area contributed by atoms with Gasteiger partial charge in [0.1, 0.15) is 0 Å². The average Bonchev–Trinajstić information content (AvgIpc) is 3.15. The first kappa shape index (κ1) is 23.7. The van der Waals surface area contributed by atoms with Crippen LogP contribution in [0.3, 0.4) is 0 Å². The van der Waals surface area contributed by atoms with Crippen molar-refractivity contribution in [2.24, 2.45) is 10.9 Å². The van der Waals surface area contributed by atoms with Gasteiger partial charge in [-0.15, -0.1) is 24.0 Å². The zero-order valence-corrected chi connectivity index (χ0v) is 18.1. The third-order valence-electron chi connectivity index (χ3n) is 4.69. The van der Waals surface area contributed by atoms with Crippen molar-refractivity contribution in [2.75, 3.05) is 52.4 Å². The third-order valence-corrected chi connectivity index (χ3v) is 4.69. The summed E-state index contributed by atoms with van der Waals surface area (Å²) in [5.41, 5.74) is 0. The predicted molar refractivity (Wildman–Crippen MR) is 110 cm³/mol. The van der Waals surface area contributed by atoms with Gasteiger partial charge in [-0.05, 0) is 45.2 Å². The van der Waals surface area contributed by atoms with Crippen LogP contribution in [0, 0.1) is 5.92 Å². The monoisotopic (exact) mass is 491 g/mol. The van der Waals surface area contributed by atoms with Crippen LogP contribution in [0.4, 0.5) is 13.2 Å². The fourth-order valence-electron chi connectivity index (χ4n) is 3.57. The Hall–Kier alpha value is -0.290. The molecule has 2 fully saturated rings. The molecule has 2 aliphatic heterocycles. The van der Waals surface area contributed by atoms with E-state index in [2.05, 4.69) is 27.4 Å². The number of alkyl halides is 3. The summed E-state index contributed by atoms with van der Waals surface area (Å²) in [7, 11) is 0. The Balaban J connectivity index is 0.00000338. The predicted octanol–water partition coefficient (Wildman–Crippen LogP) is 2.53. The topological polar surface area (TPSA) is 42.9 Å². The number of aliphatic imine (C=N–C) groups is 1. The van der Waals surface area contributed by atoms with E-state index in [1.165, 1.54) is 30.8 Å². The molecule has 0 bridgehead atoms. The highest BCUT2D eigenvalue weighted by atomic mass is 127. The molecule has 9 heteroatoms. The van der Waals surface area contributed by atoms with Crippen LogP contribution >= 0.6 is 24.0 Å². The fraction of sp³-hybridized carbons (Fsp3) is 0.941. The maximum absolute atomic E-state index is 12.5. The second kappa shape index (κ2) is 11.5. The zero-order valence-electron chi connectivity index (χ0n) is 15.8. The van der Waals surface area contributed by atoms with Gasteiger partial charge >= 0.3 is 6.18 Å². The van der Waals surface area contributed by atoms with Crippen LogP contribution in [0.2, 0.25) is 0 Å². The van der Waals surface area contributed by atoms with E-state index in [4.69, 9.17) is 0 Å². The molecule has 2 heterocycles. The molecule has 2 aliphatic rings. The number of nitrogens with one attached hydrogen (secondary N) is 2. The van der Waals surface area contributed by atoms with Gasteiger partial charge in [0.25, 0.3) is 0 Å². The first-order valence-electron chi connectivity index (χ1n) is 9.42. The number of hydrogen-bond donors (Lipinski definition) is 2. The number of guanidine groups is 1. The smallest absolute Gasteiger partial charge is 0.357 e. The summed E-state index contributed by atoms with van der Waals surface area (Å²) in [4.78, 5) is 8.58. The molecule has 154 valence electrons. The highest BCUT2D eigenvalue weighted by Crippen LogP contribution is 2.20. The van der Waals surface area contributed by atoms with Gasteiger partial charge < -0.3 is 15.5 Å². The molecular formula is C17H33F3IN5. The van der Waals surface area contributed by atoms with Crippen molar-refractivity contribution < 1.29 is 13.2 Å². The Morgan fingerprint density at radius 3 is 2.50 bits per heavy atom. The van der Waals surface area contributed by atoms with Crippen LogP contribution in [0.1, 0.15) is 33.1 Å². The van der Waals surface area contributed by atoms with Crippen molar-refractivity contribution >= 4 is 29.9 Å². The number of likely N-dealkylation sites (tertiary alicyclic amines) is 2. The lowest BCUT2D eigenvalue weighted by Crippen LogP contribution is -2.45. The first-order chi connectivity index (χ1) is 11.9. The lowest BCUT2D eigenvalue weighted by Gasteiger charge is -2.21. The van der Waals surface area contributed by atoms with Gasteiger partial charge in [-0.2, -0.15) is 13.2 Å². The molecule has 2 unspecified atom stereocenters. The second-order valence-corrected chi connectivity index (χ2v) is 7.31. The van der Waals surface area contributed by atoms with Crippen LogP contribution in [-0.4, -0.2) is 80.3 Å². The molecule has 0 aliphatic carbocycles. The van der Waals surface area contributed by atoms with Crippen molar-refractivity contribution in [3.63, 3.8) is 0 Å². The quantitative estimate of drug-likeness (QED) is 0.327. The molecule has 0 saturated carbocycles. The largest absolute Gasteiger partial charge is 0.401 e. The van der Waals surface area contributed by atoms with Crippen LogP contribution in [0.25, 0.3) is 0 Å². The van der Waals surface area contributed by atoms with Crippen LogP contribution in [0.15, 0.2) is 4.99 Å². The first-order valence-corrected chi connectivity index (χ1v) is 9.42. The lowest BCUT2D eigenvalue weighted by molar-refractivity contribution is -0.143. The summed E-state index contributed by atoms with van der Waals surface area (Å²) in [6.07, 6.45) is -0.838. The van der Waals surface area contributed by atoms with E-state index in [-0.39, 0.29) is 30.0 Å². The van der Waals surface area contributed by atoms with Gasteiger partial charge in [0, 0.05) is 38.8 Å². The summed E-state index contributed by atoms with van der Waals surface area (Å²) in [5.74, 6) is 1.19. The van der Waals surface area contributed by atoms with Gasteiger partial charge in [0.05, 0.1) is 6.54 Å². The summed E-state index contributed by atoms with van der Waals surface area (Å²) in [6.45, 7) is 9.15. The minimum atomic E-state index is -4.13. The summed E-state index contributed by atoms with van der Waals surface area (Å²) >= 11 is 0. The van der Waals surface area contributed by atoms with Crippen molar-refractivity contribution in [3.05, 3.63) is 0 Å². The maximum atomic E-state index is 12.5. The third kappa shape index (κ3) is 9.07. The minimum Gasteiger partial charge on any atom is -0.357 e. The Morgan fingerprint density at radius 2 is 1.88 bits per heavy atom. The van der Waals surface area contributed by atoms with Crippen LogP contribution < -0.4 is 10.6 Å². The summed E-state index contributed by atoms with van der Waals surface area (Å²) in [6, 6.07) is 0.0223. The van der Waals surface area contributed by atoms with Crippen molar-refractivity contribution in [2.45, 2.75) is 45.3 Å². The molecule has 26 heavy (non-hydrogen) atoms. The summed E-state index contributed by atoms with van der Waals surface area (Å²) < 4.78 is 37.5. The van der Waals surface area contributed by atoms with Gasteiger partial charge in [-0.1, -0.05) is 6.92 Å². The van der Waals surface area contributed by atoms with Crippen LogP contribution in [-0.2, 0) is 0 Å². The number of hydrogen-bond acceptors (Lipinski definition) is 3. The fourth-order valence-corrected chi connectivity index (χ4v) is 3.57. The molecule has 2 N–H and O–H groups in total. The van der Waals surface area contributed by atoms with Gasteiger partial charge in [0.2, 0.25) is 0 Å². The van der Waals surface area contributed by atoms with Gasteiger partial charge in [-0.3, -0.25) is 9.89 Å². The number of halogens is 4. The molecule has 0 aromatic rings. The SMILES string of the molecule is CCNC(=NCC(C)CN1CCCC1)NC1CCN(CC(F)(F)F)C1.I. The molecule has 0 spiro atoms. The Morgan fingerprint density at radius 1 is 1.19 bits per heavy atom. The van der Waals surface area contributed by atoms with Gasteiger partial charge in [0.15, 0.2) is 5.96 Å². The van der Waals surface area contributed by atoms with E-state index in [0.717, 1.165) is 25.6 Å². The van der Waals surface area contributed by atoms with E-state index in [9.17, 15) is 13.2 Å². The molecule has 2 rings (SSSR count). The maximum Gasteiger partial charge on any atom is 0.401 e. The normalized spacial score (nSPS) is 23.7. The Labute approximate surface area is 172 Å². The molecule has 0 amide bonds. The Bertz CT molecular complexity index is 427. The van der Waals surface area contributed by atoms with Crippen molar-refractivity contribution in [1.29, 1.82) is 0 Å². The van der Waals surface area contributed by atoms with E-state index in [1.807, 2.05) is 6.92 Å². The van der Waals surface area contributed by atoms with E-state index in [1.54, 1.807) is 0 Å². The van der Waals surface area contributed by atoms with E-state index in [0.29, 0.717) is 25.4 Å². The van der Waals surface area contributed by atoms with E-state index < -0.39 is 12.7 Å². The summed E-state index contributed by atoms with van der Waals surface area (Å²) in [5, 5.41) is 6.50. The molecule has 5 nitrogen and oxygen atoms in total. The molecule has 2 saturated heterocycles. The van der Waals surface area contributed by atoms with Crippen molar-refractivity contribution in [1.82, 2.24) is 20.4 Å². The van der Waals surface area contributed by atoms with Crippen LogP contribution in [0.5, 0.6) is 0 Å². The highest BCUT2D eigenvalue weighted by molar-refractivity contribution is 14.0. The minimum absolute atomic E-state index is 0. The molecular weight excluding hydrogens is 458 g/mol. The number of nitrogens with zero attached hydrogens (tertiary/aromatic N) is 3. The standard InChI is InChI=1S/C17H32F3N5.HI/c1-3-21-16(22-10-14(2)11-24-7-4-5-8-24)23-15-6-9-25(12-15)13-17(18,19)20;/h14-15H,3-13H2,1-2H3,(H2,21,22,23);1H. The average molecular weight is 491 g/mol. The zero-order chi connectivity index (χ0) is 18.3. The molecule has 0 radical (unpaired) electrons. The highest BCUT2D eigenvalue weighted by Gasteiger charge is 2.34. The molecule has 0 aromatic carbocycles. The van der Waals surface area contributed by atoms with E-state index >= 15 is 0 Å². The van der Waals surface area contributed by atoms with Crippen molar-refractivity contribution in [3.8, 4) is 0 Å². The Kier molecular flexibility index (Phi) is 10.5.